The van der Waals surface area contributed by atoms with E-state index < -0.39 is 0 Å². The van der Waals surface area contributed by atoms with Gasteiger partial charge in [-0.2, -0.15) is 10.4 Å². The molecule has 2 fully saturated rings. The van der Waals surface area contributed by atoms with E-state index >= 15 is 0 Å². The maximum Gasteiger partial charge on any atom is 0.153 e. The number of nitrogens with one attached hydrogen (secondary N) is 3. The standard InChI is InChI=1S/C21H25N9/c1-13-7-20(29-28-13)26-19-10-18-17(11-23-12-24-18)21(27-19)25-14-8-15-3-4-16(9-14)30(15)6-2-5-22/h7,10-12,14-16H,2-4,6,8-9H2,1H3,(H3,25,26,27,28,29)/t14-,15-,16+. The minimum absolute atomic E-state index is 0.347. The maximum absolute atomic E-state index is 8.95. The van der Waals surface area contributed by atoms with Gasteiger partial charge in [0.1, 0.15) is 18.0 Å². The van der Waals surface area contributed by atoms with Crippen LogP contribution in [0.15, 0.2) is 24.7 Å². The molecule has 3 atom stereocenters. The summed E-state index contributed by atoms with van der Waals surface area (Å²) in [4.78, 5) is 16.0. The van der Waals surface area contributed by atoms with Crippen molar-refractivity contribution < 1.29 is 0 Å². The Hall–Kier alpha value is -3.25. The first-order chi connectivity index (χ1) is 14.7. The second-order valence-electron chi connectivity index (χ2n) is 8.22. The highest BCUT2D eigenvalue weighted by molar-refractivity contribution is 5.90. The van der Waals surface area contributed by atoms with E-state index in [4.69, 9.17) is 10.2 Å². The molecular formula is C21H25N9. The maximum atomic E-state index is 8.95. The third-order valence-corrected chi connectivity index (χ3v) is 6.17. The molecule has 0 spiro atoms. The number of aryl methyl sites for hydroxylation is 1. The molecule has 3 aromatic rings. The number of hydrogen-bond donors (Lipinski definition) is 3. The van der Waals surface area contributed by atoms with E-state index in [1.165, 1.54) is 12.8 Å². The van der Waals surface area contributed by atoms with E-state index in [1.807, 2.05) is 25.3 Å². The van der Waals surface area contributed by atoms with Crippen LogP contribution < -0.4 is 10.6 Å². The molecule has 9 heteroatoms. The average molecular weight is 403 g/mol. The van der Waals surface area contributed by atoms with Crippen molar-refractivity contribution in [3.05, 3.63) is 30.4 Å². The van der Waals surface area contributed by atoms with Crippen molar-refractivity contribution in [3.63, 3.8) is 0 Å². The van der Waals surface area contributed by atoms with E-state index in [0.717, 1.165) is 47.6 Å². The minimum Gasteiger partial charge on any atom is -0.367 e. The fourth-order valence-electron chi connectivity index (χ4n) is 4.90. The fourth-order valence-corrected chi connectivity index (χ4v) is 4.90. The molecule has 154 valence electrons. The molecule has 2 bridgehead atoms. The molecule has 0 radical (unpaired) electrons. The van der Waals surface area contributed by atoms with Crippen molar-refractivity contribution in [1.29, 1.82) is 5.26 Å². The lowest BCUT2D eigenvalue weighted by molar-refractivity contribution is 0.136. The number of H-pyrrole nitrogens is 1. The first-order valence-electron chi connectivity index (χ1n) is 10.5. The number of aromatic nitrogens is 5. The zero-order valence-corrected chi connectivity index (χ0v) is 17.0. The van der Waals surface area contributed by atoms with Gasteiger partial charge in [-0.25, -0.2) is 15.0 Å². The Kier molecular flexibility index (Phi) is 4.93. The smallest absolute Gasteiger partial charge is 0.153 e. The number of anilines is 3. The van der Waals surface area contributed by atoms with Crippen LogP contribution >= 0.6 is 0 Å². The molecule has 2 saturated heterocycles. The zero-order valence-electron chi connectivity index (χ0n) is 17.0. The molecule has 0 saturated carbocycles. The molecular weight excluding hydrogens is 378 g/mol. The minimum atomic E-state index is 0.347. The predicted molar refractivity (Wildman–Crippen MR) is 114 cm³/mol. The Morgan fingerprint density at radius 2 is 2.07 bits per heavy atom. The number of nitriles is 1. The van der Waals surface area contributed by atoms with Gasteiger partial charge in [0.15, 0.2) is 5.82 Å². The van der Waals surface area contributed by atoms with Crippen LogP contribution in [-0.2, 0) is 0 Å². The largest absolute Gasteiger partial charge is 0.367 e. The summed E-state index contributed by atoms with van der Waals surface area (Å²) in [5.41, 5.74) is 1.82. The molecule has 30 heavy (non-hydrogen) atoms. The Morgan fingerprint density at radius 1 is 1.23 bits per heavy atom. The summed E-state index contributed by atoms with van der Waals surface area (Å²) in [6, 6.07) is 7.58. The van der Waals surface area contributed by atoms with Crippen LogP contribution in [0.1, 0.15) is 37.8 Å². The molecule has 0 unspecified atom stereocenters. The van der Waals surface area contributed by atoms with Crippen molar-refractivity contribution in [2.24, 2.45) is 0 Å². The van der Waals surface area contributed by atoms with Gasteiger partial charge in [-0.1, -0.05) is 0 Å². The number of piperidine rings is 1. The van der Waals surface area contributed by atoms with Crippen molar-refractivity contribution in [1.82, 2.24) is 30.0 Å². The summed E-state index contributed by atoms with van der Waals surface area (Å²) in [5, 5.41) is 24.0. The topological polar surface area (TPSA) is 118 Å². The van der Waals surface area contributed by atoms with E-state index in [2.05, 4.69) is 41.8 Å². The Labute approximate surface area is 174 Å². The highest BCUT2D eigenvalue weighted by atomic mass is 15.2. The van der Waals surface area contributed by atoms with E-state index in [9.17, 15) is 0 Å². The average Bonchev–Trinajstić information content (AvgIpc) is 3.25. The van der Waals surface area contributed by atoms with Gasteiger partial charge in [0, 0.05) is 55.1 Å². The molecule has 9 nitrogen and oxygen atoms in total. The summed E-state index contributed by atoms with van der Waals surface area (Å²) < 4.78 is 0. The quantitative estimate of drug-likeness (QED) is 0.574. The van der Waals surface area contributed by atoms with Crippen LogP contribution in [-0.4, -0.2) is 54.7 Å². The van der Waals surface area contributed by atoms with E-state index in [0.29, 0.717) is 30.4 Å². The molecule has 2 aliphatic heterocycles. The molecule has 2 aliphatic rings. The van der Waals surface area contributed by atoms with Gasteiger partial charge in [-0.05, 0) is 32.6 Å². The molecule has 0 aromatic carbocycles. The van der Waals surface area contributed by atoms with Crippen LogP contribution in [0.3, 0.4) is 0 Å². The molecule has 3 aromatic heterocycles. The Morgan fingerprint density at radius 3 is 2.80 bits per heavy atom. The first kappa shape index (κ1) is 18.8. The van der Waals surface area contributed by atoms with Gasteiger partial charge < -0.3 is 10.6 Å². The van der Waals surface area contributed by atoms with Gasteiger partial charge in [-0.3, -0.25) is 10.00 Å². The normalized spacial score (nSPS) is 23.4. The molecule has 5 rings (SSSR count). The van der Waals surface area contributed by atoms with Gasteiger partial charge in [0.2, 0.25) is 0 Å². The predicted octanol–water partition coefficient (Wildman–Crippen LogP) is 3.12. The highest BCUT2D eigenvalue weighted by Crippen LogP contribution is 2.37. The van der Waals surface area contributed by atoms with Crippen LogP contribution in [0.2, 0.25) is 0 Å². The molecule has 3 N–H and O–H groups in total. The van der Waals surface area contributed by atoms with E-state index in [1.54, 1.807) is 6.33 Å². The Balaban J connectivity index is 1.38. The third kappa shape index (κ3) is 3.66. The van der Waals surface area contributed by atoms with Gasteiger partial charge >= 0.3 is 0 Å². The third-order valence-electron chi connectivity index (χ3n) is 6.17. The van der Waals surface area contributed by atoms with Crippen molar-refractivity contribution in [2.75, 3.05) is 17.2 Å². The van der Waals surface area contributed by atoms with Gasteiger partial charge in [0.05, 0.1) is 17.0 Å². The SMILES string of the molecule is Cc1cc(Nc2cc3ncncc3c(N[C@@H]3C[C@H]4CC[C@@H](C3)N4CCC#N)n2)n[nH]1. The summed E-state index contributed by atoms with van der Waals surface area (Å²) >= 11 is 0. The van der Waals surface area contributed by atoms with Gasteiger partial charge in [0.25, 0.3) is 0 Å². The lowest BCUT2D eigenvalue weighted by atomic mass is 9.97. The summed E-state index contributed by atoms with van der Waals surface area (Å²) in [6.45, 7) is 2.85. The number of pyridine rings is 1. The van der Waals surface area contributed by atoms with Crippen LogP contribution in [0.4, 0.5) is 17.5 Å². The first-order valence-corrected chi connectivity index (χ1v) is 10.5. The number of fused-ring (bicyclic) bond motifs is 3. The Bertz CT molecular complexity index is 1070. The summed E-state index contributed by atoms with van der Waals surface area (Å²) in [6.07, 6.45) is 8.54. The zero-order chi connectivity index (χ0) is 20.5. The van der Waals surface area contributed by atoms with Crippen molar-refractivity contribution in [2.45, 2.75) is 57.2 Å². The van der Waals surface area contributed by atoms with Crippen LogP contribution in [0.5, 0.6) is 0 Å². The lowest BCUT2D eigenvalue weighted by Crippen LogP contribution is -2.47. The number of hydrogen-bond acceptors (Lipinski definition) is 8. The van der Waals surface area contributed by atoms with Crippen LogP contribution in [0.25, 0.3) is 10.9 Å². The van der Waals surface area contributed by atoms with Crippen molar-refractivity contribution in [3.8, 4) is 6.07 Å². The monoisotopic (exact) mass is 403 g/mol. The number of nitrogens with zero attached hydrogens (tertiary/aromatic N) is 6. The molecule has 0 aliphatic carbocycles. The number of rotatable bonds is 6. The summed E-state index contributed by atoms with van der Waals surface area (Å²) in [5.74, 6) is 2.23. The lowest BCUT2D eigenvalue weighted by Gasteiger charge is -2.39. The highest BCUT2D eigenvalue weighted by Gasteiger charge is 2.40. The second-order valence-corrected chi connectivity index (χ2v) is 8.22. The second kappa shape index (κ2) is 7.88. The van der Waals surface area contributed by atoms with Crippen molar-refractivity contribution >= 4 is 28.4 Å². The summed E-state index contributed by atoms with van der Waals surface area (Å²) in [7, 11) is 0. The van der Waals surface area contributed by atoms with E-state index in [-0.39, 0.29) is 0 Å². The van der Waals surface area contributed by atoms with Crippen LogP contribution in [0, 0.1) is 18.3 Å². The molecule has 5 heterocycles. The molecule has 0 amide bonds. The fraction of sp³-hybridized carbons (Fsp3) is 0.476. The van der Waals surface area contributed by atoms with Gasteiger partial charge in [-0.15, -0.1) is 0 Å². The number of aromatic amines is 1.